The molecule has 0 aliphatic carbocycles. The molecule has 0 bridgehead atoms. The summed E-state index contributed by atoms with van der Waals surface area (Å²) in [5.41, 5.74) is 0. The Morgan fingerprint density at radius 1 is 1.12 bits per heavy atom. The number of amides is 3. The summed E-state index contributed by atoms with van der Waals surface area (Å²) in [6.45, 7) is 4.12. The van der Waals surface area contributed by atoms with Gasteiger partial charge in [-0.15, -0.1) is 0 Å². The normalized spacial score (nSPS) is 21.7. The number of hydrogen-bond donors (Lipinski definition) is 2. The molecule has 0 radical (unpaired) electrons. The highest BCUT2D eigenvalue weighted by Gasteiger charge is 2.32. The van der Waals surface area contributed by atoms with Crippen LogP contribution in [0.15, 0.2) is 22.8 Å². The van der Waals surface area contributed by atoms with Crippen LogP contribution in [0.4, 0.5) is 4.79 Å². The van der Waals surface area contributed by atoms with Crippen LogP contribution < -0.4 is 10.6 Å². The molecule has 2 saturated heterocycles. The van der Waals surface area contributed by atoms with Crippen molar-refractivity contribution in [2.75, 3.05) is 39.4 Å². The Hall–Kier alpha value is -2.02. The van der Waals surface area contributed by atoms with Crippen molar-refractivity contribution in [3.05, 3.63) is 24.2 Å². The Morgan fingerprint density at radius 2 is 1.92 bits per heavy atom. The minimum Gasteiger partial charge on any atom is -0.459 e. The van der Waals surface area contributed by atoms with E-state index in [1.165, 1.54) is 6.26 Å². The zero-order valence-electron chi connectivity index (χ0n) is 13.8. The average Bonchev–Trinajstić information content (AvgIpc) is 3.31. The van der Waals surface area contributed by atoms with E-state index in [-0.39, 0.29) is 17.7 Å². The van der Waals surface area contributed by atoms with Gasteiger partial charge in [0.2, 0.25) is 0 Å². The lowest BCUT2D eigenvalue weighted by Crippen LogP contribution is -2.42. The van der Waals surface area contributed by atoms with Crippen LogP contribution in [0, 0.1) is 11.8 Å². The maximum absolute atomic E-state index is 12.2. The molecule has 2 aliphatic heterocycles. The van der Waals surface area contributed by atoms with Crippen LogP contribution in [0.3, 0.4) is 0 Å². The maximum atomic E-state index is 12.2. The van der Waals surface area contributed by atoms with Crippen LogP contribution in [0.2, 0.25) is 0 Å². The molecule has 7 heteroatoms. The Balaban J connectivity index is 1.33. The predicted molar refractivity (Wildman–Crippen MR) is 87.7 cm³/mol. The molecular weight excluding hydrogens is 310 g/mol. The predicted octanol–water partition coefficient (Wildman–Crippen LogP) is 1.47. The number of carbonyl (C=O) groups excluding carboxylic acids is 2. The first-order valence-corrected chi connectivity index (χ1v) is 8.66. The van der Waals surface area contributed by atoms with E-state index in [4.69, 9.17) is 9.15 Å². The molecule has 0 aromatic carbocycles. The smallest absolute Gasteiger partial charge is 0.317 e. The molecule has 2 N–H and O–H groups in total. The summed E-state index contributed by atoms with van der Waals surface area (Å²) in [7, 11) is 0. The number of carbonyl (C=O) groups is 2. The van der Waals surface area contributed by atoms with E-state index in [9.17, 15) is 9.59 Å². The van der Waals surface area contributed by atoms with Crippen LogP contribution in [0.25, 0.3) is 0 Å². The maximum Gasteiger partial charge on any atom is 0.317 e. The fourth-order valence-electron chi connectivity index (χ4n) is 3.50. The van der Waals surface area contributed by atoms with E-state index in [1.54, 1.807) is 12.1 Å². The number of rotatable bonds is 5. The Morgan fingerprint density at radius 3 is 2.67 bits per heavy atom. The van der Waals surface area contributed by atoms with E-state index in [0.29, 0.717) is 24.9 Å². The van der Waals surface area contributed by atoms with Gasteiger partial charge in [-0.25, -0.2) is 4.79 Å². The molecule has 3 heterocycles. The third kappa shape index (κ3) is 4.29. The minimum atomic E-state index is -0.269. The van der Waals surface area contributed by atoms with Gasteiger partial charge in [0.15, 0.2) is 5.76 Å². The van der Waals surface area contributed by atoms with Gasteiger partial charge in [-0.3, -0.25) is 4.79 Å². The fourth-order valence-corrected chi connectivity index (χ4v) is 3.50. The van der Waals surface area contributed by atoms with Gasteiger partial charge in [-0.2, -0.15) is 0 Å². The summed E-state index contributed by atoms with van der Waals surface area (Å²) in [5.74, 6) is 1.29. The summed E-state index contributed by atoms with van der Waals surface area (Å²) < 4.78 is 10.4. The summed E-state index contributed by atoms with van der Waals surface area (Å²) in [5, 5.41) is 5.58. The monoisotopic (exact) mass is 335 g/mol. The summed E-state index contributed by atoms with van der Waals surface area (Å²) in [6, 6.07) is 3.23. The minimum absolute atomic E-state index is 0.0446. The van der Waals surface area contributed by atoms with Gasteiger partial charge in [0.1, 0.15) is 0 Å². The second-order valence-electron chi connectivity index (χ2n) is 6.41. The van der Waals surface area contributed by atoms with Crippen LogP contribution >= 0.6 is 0 Å². The first kappa shape index (κ1) is 16.8. The van der Waals surface area contributed by atoms with Crippen molar-refractivity contribution in [2.24, 2.45) is 11.8 Å². The zero-order chi connectivity index (χ0) is 16.8. The highest BCUT2D eigenvalue weighted by molar-refractivity contribution is 5.91. The number of ether oxygens (including phenoxy) is 1. The van der Waals surface area contributed by atoms with Crippen molar-refractivity contribution in [2.45, 2.75) is 19.3 Å². The van der Waals surface area contributed by atoms with Gasteiger partial charge >= 0.3 is 6.03 Å². The Kier molecular flexibility index (Phi) is 5.74. The first-order chi connectivity index (χ1) is 11.7. The van der Waals surface area contributed by atoms with Crippen molar-refractivity contribution < 1.29 is 18.7 Å². The molecule has 2 fully saturated rings. The van der Waals surface area contributed by atoms with Crippen molar-refractivity contribution >= 4 is 11.9 Å². The molecular formula is C17H25N3O4. The van der Waals surface area contributed by atoms with Gasteiger partial charge in [0.25, 0.3) is 5.91 Å². The molecule has 0 spiro atoms. The standard InChI is InChI=1S/C17H25N3O4/c21-16(15-2-1-9-24-15)18-6-7-19-17(22)20-8-3-14(12-20)13-4-10-23-11-5-13/h1-2,9,13-14H,3-8,10-12H2,(H,18,21)(H,19,22). The molecule has 3 rings (SSSR count). The van der Waals surface area contributed by atoms with Crippen molar-refractivity contribution in [1.29, 1.82) is 0 Å². The number of nitrogens with one attached hydrogen (secondary N) is 2. The lowest BCUT2D eigenvalue weighted by Gasteiger charge is -2.27. The topological polar surface area (TPSA) is 83.8 Å². The lowest BCUT2D eigenvalue weighted by molar-refractivity contribution is 0.0484. The second-order valence-corrected chi connectivity index (χ2v) is 6.41. The molecule has 1 aromatic heterocycles. The van der Waals surface area contributed by atoms with Crippen LogP contribution in [-0.4, -0.2) is 56.2 Å². The molecule has 0 saturated carbocycles. The largest absolute Gasteiger partial charge is 0.459 e. The van der Waals surface area contributed by atoms with Crippen LogP contribution in [-0.2, 0) is 4.74 Å². The number of urea groups is 1. The lowest BCUT2D eigenvalue weighted by atomic mass is 9.85. The van der Waals surface area contributed by atoms with E-state index in [0.717, 1.165) is 45.6 Å². The molecule has 1 atom stereocenters. The van der Waals surface area contributed by atoms with Crippen LogP contribution in [0.1, 0.15) is 29.8 Å². The number of nitrogens with zero attached hydrogens (tertiary/aromatic N) is 1. The van der Waals surface area contributed by atoms with Gasteiger partial charge in [0, 0.05) is 39.4 Å². The van der Waals surface area contributed by atoms with Gasteiger partial charge in [-0.05, 0) is 43.2 Å². The van der Waals surface area contributed by atoms with Crippen LogP contribution in [0.5, 0.6) is 0 Å². The summed E-state index contributed by atoms with van der Waals surface area (Å²) in [6.07, 6.45) is 4.75. The van der Waals surface area contributed by atoms with E-state index < -0.39 is 0 Å². The second kappa shape index (κ2) is 8.19. The highest BCUT2D eigenvalue weighted by atomic mass is 16.5. The first-order valence-electron chi connectivity index (χ1n) is 8.66. The fraction of sp³-hybridized carbons (Fsp3) is 0.647. The number of furan rings is 1. The van der Waals surface area contributed by atoms with E-state index in [1.807, 2.05) is 4.90 Å². The highest BCUT2D eigenvalue weighted by Crippen LogP contribution is 2.30. The van der Waals surface area contributed by atoms with E-state index in [2.05, 4.69) is 10.6 Å². The SMILES string of the molecule is O=C(NCCNC(=O)N1CCC(C2CCOCC2)C1)c1ccco1. The van der Waals surface area contributed by atoms with Gasteiger partial charge < -0.3 is 24.7 Å². The Bertz CT molecular complexity index is 540. The average molecular weight is 335 g/mol. The molecule has 132 valence electrons. The van der Waals surface area contributed by atoms with Gasteiger partial charge in [-0.1, -0.05) is 0 Å². The van der Waals surface area contributed by atoms with Crippen molar-refractivity contribution in [3.8, 4) is 0 Å². The molecule has 7 nitrogen and oxygen atoms in total. The molecule has 24 heavy (non-hydrogen) atoms. The molecule has 3 amide bonds. The molecule has 1 aromatic rings. The number of hydrogen-bond acceptors (Lipinski definition) is 4. The third-order valence-electron chi connectivity index (χ3n) is 4.88. The summed E-state index contributed by atoms with van der Waals surface area (Å²) in [4.78, 5) is 25.8. The van der Waals surface area contributed by atoms with Gasteiger partial charge in [0.05, 0.1) is 6.26 Å². The molecule has 2 aliphatic rings. The van der Waals surface area contributed by atoms with Crippen molar-refractivity contribution in [3.63, 3.8) is 0 Å². The zero-order valence-corrected chi connectivity index (χ0v) is 13.8. The third-order valence-corrected chi connectivity index (χ3v) is 4.88. The quantitative estimate of drug-likeness (QED) is 0.798. The van der Waals surface area contributed by atoms with E-state index >= 15 is 0 Å². The van der Waals surface area contributed by atoms with Crippen molar-refractivity contribution in [1.82, 2.24) is 15.5 Å². The molecule has 1 unspecified atom stereocenters. The Labute approximate surface area is 141 Å². The number of likely N-dealkylation sites (tertiary alicyclic amines) is 1. The summed E-state index contributed by atoms with van der Waals surface area (Å²) >= 11 is 0.